The molecule has 3 aromatic heterocycles. The molecule has 0 atom stereocenters. The summed E-state index contributed by atoms with van der Waals surface area (Å²) < 4.78 is 171. The van der Waals surface area contributed by atoms with E-state index in [-0.39, 0.29) is 23.0 Å². The Kier molecular flexibility index (Phi) is 24.9. The van der Waals surface area contributed by atoms with Gasteiger partial charge in [-0.1, -0.05) is 265 Å². The van der Waals surface area contributed by atoms with E-state index in [9.17, 15) is 30.7 Å². The predicted molar refractivity (Wildman–Crippen MR) is 573 cm³/mol. The number of benzene rings is 21. The highest BCUT2D eigenvalue weighted by atomic mass is 19.2. The van der Waals surface area contributed by atoms with Gasteiger partial charge in [0.2, 0.25) is 5.82 Å². The Balaban J connectivity index is 0.000000127. The highest BCUT2D eigenvalue weighted by molar-refractivity contribution is 6.13. The summed E-state index contributed by atoms with van der Waals surface area (Å²) in [5.41, 5.74) is 23.7. The molecule has 6 nitrogen and oxygen atoms in total. The summed E-state index contributed by atoms with van der Waals surface area (Å²) in [6.45, 7) is 6.25. The average Bonchev–Trinajstić information content (AvgIpc) is 0.820. The van der Waals surface area contributed by atoms with Crippen molar-refractivity contribution in [2.75, 3.05) is 14.7 Å². The molecule has 0 radical (unpaired) electrons. The molecule has 24 aromatic rings. The minimum Gasteiger partial charge on any atom is -0.311 e. The number of fused-ring (bicyclic) bond motifs is 9. The molecule has 0 aliphatic carbocycles. The third kappa shape index (κ3) is 17.5. The molecular weight excluding hydrogens is 1840 g/mol. The molecule has 708 valence electrons. The van der Waals surface area contributed by atoms with Crippen LogP contribution in [0.25, 0.3) is 149 Å². The van der Waals surface area contributed by atoms with Gasteiger partial charge in [-0.2, -0.15) is 0 Å². The van der Waals surface area contributed by atoms with Crippen molar-refractivity contribution in [3.8, 4) is 83.8 Å². The Bertz CT molecular complexity index is 8940. The Morgan fingerprint density at radius 1 is 0.158 bits per heavy atom. The van der Waals surface area contributed by atoms with E-state index in [1.807, 2.05) is 140 Å². The van der Waals surface area contributed by atoms with Crippen LogP contribution in [0.2, 0.25) is 0 Å². The molecule has 0 aliphatic rings. The molecule has 0 bridgehead atoms. The molecule has 0 saturated heterocycles. The number of nitrogens with zero attached hydrogens (tertiary/aromatic N) is 6. The maximum atomic E-state index is 16.3. The van der Waals surface area contributed by atoms with Crippen LogP contribution < -0.4 is 14.7 Å². The fraction of sp³-hybridized carbons (Fsp3) is 0.0233. The zero-order valence-electron chi connectivity index (χ0n) is 78.7. The topological polar surface area (TPSA) is 24.5 Å². The highest BCUT2D eigenvalue weighted by Gasteiger charge is 2.37. The lowest BCUT2D eigenvalue weighted by Crippen LogP contribution is -2.17. The summed E-state index contributed by atoms with van der Waals surface area (Å²) >= 11 is 0. The minimum absolute atomic E-state index is 0.00356. The lowest BCUT2D eigenvalue weighted by Gasteiger charge is -2.27. The first-order valence-electron chi connectivity index (χ1n) is 47.5. The number of halogens is 11. The molecule has 3 heterocycles. The zero-order valence-corrected chi connectivity index (χ0v) is 78.7. The van der Waals surface area contributed by atoms with Crippen molar-refractivity contribution in [2.24, 2.45) is 0 Å². The Morgan fingerprint density at radius 2 is 0.363 bits per heavy atom. The van der Waals surface area contributed by atoms with Gasteiger partial charge in [0.25, 0.3) is 0 Å². The summed E-state index contributed by atoms with van der Waals surface area (Å²) in [5, 5.41) is 6.89. The van der Waals surface area contributed by atoms with Crippen molar-refractivity contribution in [2.45, 2.75) is 20.8 Å². The predicted octanol–water partition coefficient (Wildman–Crippen LogP) is 37.2. The number of para-hydroxylation sites is 4. The number of aromatic nitrogens is 3. The Hall–Kier alpha value is -18.4. The first-order chi connectivity index (χ1) is 71.2. The zero-order chi connectivity index (χ0) is 100. The number of anilines is 9. The van der Waals surface area contributed by atoms with Crippen molar-refractivity contribution in [1.29, 1.82) is 0 Å². The van der Waals surface area contributed by atoms with Crippen molar-refractivity contribution in [1.82, 2.24) is 13.7 Å². The van der Waals surface area contributed by atoms with Crippen LogP contribution in [0.3, 0.4) is 0 Å². The molecule has 0 N–H and O–H groups in total. The van der Waals surface area contributed by atoms with Gasteiger partial charge in [-0.15, -0.1) is 0 Å². The van der Waals surface area contributed by atoms with E-state index in [0.29, 0.717) is 11.1 Å². The Morgan fingerprint density at radius 3 is 0.651 bits per heavy atom. The highest BCUT2D eigenvalue weighted by Crippen LogP contribution is 2.49. The van der Waals surface area contributed by atoms with Crippen molar-refractivity contribution >= 4 is 117 Å². The quantitative estimate of drug-likeness (QED) is 0.0486. The molecule has 0 fully saturated rings. The van der Waals surface area contributed by atoms with Crippen molar-refractivity contribution < 1.29 is 48.3 Å². The summed E-state index contributed by atoms with van der Waals surface area (Å²) in [6, 6.07) is 151. The number of hydrogen-bond acceptors (Lipinski definition) is 3. The first-order valence-corrected chi connectivity index (χ1v) is 47.5. The lowest BCUT2D eigenvalue weighted by molar-refractivity contribution is 0.379. The maximum absolute atomic E-state index is 16.3. The van der Waals surface area contributed by atoms with Gasteiger partial charge < -0.3 is 28.4 Å². The van der Waals surface area contributed by atoms with E-state index in [1.54, 1.807) is 36.4 Å². The molecule has 0 unspecified atom stereocenters. The van der Waals surface area contributed by atoms with Gasteiger partial charge >= 0.3 is 0 Å². The van der Waals surface area contributed by atoms with Gasteiger partial charge in [0.1, 0.15) is 17.3 Å². The van der Waals surface area contributed by atoms with Crippen molar-refractivity contribution in [3.63, 3.8) is 0 Å². The minimum atomic E-state index is -2.64. The van der Waals surface area contributed by atoms with Gasteiger partial charge in [-0.25, -0.2) is 48.3 Å². The molecule has 0 saturated carbocycles. The third-order valence-electron chi connectivity index (χ3n) is 26.8. The van der Waals surface area contributed by atoms with Gasteiger partial charge in [0.05, 0.1) is 44.2 Å². The molecule has 21 aromatic carbocycles. The average molecular weight is 1930 g/mol. The smallest absolute Gasteiger partial charge is 0.200 e. The molecule has 0 aliphatic heterocycles. The summed E-state index contributed by atoms with van der Waals surface area (Å²) in [5.74, 6) is -22.6. The summed E-state index contributed by atoms with van der Waals surface area (Å²) in [7, 11) is 0. The van der Waals surface area contributed by atoms with Crippen LogP contribution in [0.15, 0.2) is 461 Å². The number of rotatable bonds is 18. The maximum Gasteiger partial charge on any atom is 0.200 e. The van der Waals surface area contributed by atoms with Gasteiger partial charge in [0, 0.05) is 94.9 Å². The van der Waals surface area contributed by atoms with Crippen LogP contribution >= 0.6 is 0 Å². The number of aryl methyl sites for hydroxylation is 3. The second kappa shape index (κ2) is 39.3. The standard InChI is InChI=1S/C49H27F9N2.C43H31FN2.C37H27FN2/c1-26-11-18-33(19-12-26)60-36-10-6-5-9-34(36)35-25-30(17-24-37(35)60)29-15-22-32(23-16-29)59(31-20-13-28(14-21-31)27-7-3-2-4-8-27)49-47(57)42(52)39(43(53)48(49)58)38-40(50)44(54)46(56)45(55)41(38)51;1-30-11-20-39(21-12-30)46-42-10-6-5-9-40(42)41-29-34(17-28-43(41)46)33-15-24-37(25-16-33)45(38-26-18-35(44)19-27-38)36-22-13-32(14-23-36)31-7-3-2-4-8-31;1-26-11-18-33(19-12-26)40-36-10-6-5-9-34(36)35-25-28(15-24-37(35)40)27-13-20-31(21-14-27)39(30-7-3-2-4-8-30)32-22-16-29(38)17-23-32/h2-25H,1H3;2-29H,1H3;2-25H,1H3. The van der Waals surface area contributed by atoms with E-state index >= 15 is 17.6 Å². The van der Waals surface area contributed by atoms with Crippen LogP contribution in [0.4, 0.5) is 99.5 Å². The largest absolute Gasteiger partial charge is 0.311 e. The van der Waals surface area contributed by atoms with E-state index in [0.717, 1.165) is 117 Å². The summed E-state index contributed by atoms with van der Waals surface area (Å²) in [6.07, 6.45) is 0. The summed E-state index contributed by atoms with van der Waals surface area (Å²) in [4.78, 5) is 5.16. The fourth-order valence-electron chi connectivity index (χ4n) is 19.6. The van der Waals surface area contributed by atoms with E-state index in [2.05, 4.69) is 280 Å². The first kappa shape index (κ1) is 92.7. The monoisotopic (exact) mass is 1930 g/mol. The molecule has 0 amide bonds. The van der Waals surface area contributed by atoms with Gasteiger partial charge in [-0.3, -0.25) is 0 Å². The van der Waals surface area contributed by atoms with E-state index in [4.69, 9.17) is 0 Å². The molecule has 24 rings (SSSR count). The number of hydrogen-bond donors (Lipinski definition) is 0. The van der Waals surface area contributed by atoms with E-state index < -0.39 is 69.2 Å². The van der Waals surface area contributed by atoms with E-state index in [1.165, 1.54) is 114 Å². The molecule has 0 spiro atoms. The van der Waals surface area contributed by atoms with Crippen LogP contribution in [0.1, 0.15) is 16.7 Å². The second-order valence-corrected chi connectivity index (χ2v) is 35.9. The van der Waals surface area contributed by atoms with Crippen molar-refractivity contribution in [3.05, 3.63) is 542 Å². The fourth-order valence-corrected chi connectivity index (χ4v) is 19.6. The van der Waals surface area contributed by atoms with Crippen LogP contribution in [-0.2, 0) is 0 Å². The van der Waals surface area contributed by atoms with Gasteiger partial charge in [0.15, 0.2) is 46.5 Å². The molecular formula is C129H85F11N6. The van der Waals surface area contributed by atoms with Gasteiger partial charge in [-0.05, 0) is 289 Å². The Labute approximate surface area is 834 Å². The second-order valence-electron chi connectivity index (χ2n) is 35.9. The normalized spacial score (nSPS) is 11.4. The van der Waals surface area contributed by atoms with Crippen LogP contribution in [0.5, 0.6) is 0 Å². The lowest BCUT2D eigenvalue weighted by atomic mass is 9.99. The molecule has 17 heteroatoms. The molecule has 146 heavy (non-hydrogen) atoms. The third-order valence-corrected chi connectivity index (χ3v) is 26.8. The van der Waals surface area contributed by atoms with Crippen LogP contribution in [0, 0.1) is 84.8 Å². The SMILES string of the molecule is Cc1ccc(-n2c3ccccc3c3cc(-c4ccc(N(c5ccc(-c6ccccc6)cc5)c5c(F)c(F)c(-c6c(F)c(F)c(F)c(F)c6F)c(F)c5F)cc4)ccc32)cc1.Cc1ccc(-n2c3ccccc3c3cc(-c4ccc(N(c5ccc(F)cc5)c5ccc(-c6ccccc6)cc5)cc4)ccc32)cc1.Cc1ccc(-n2c3ccccc3c3cc(-c4ccc(N(c5ccccc5)c5ccc(F)cc5)cc4)ccc32)cc1. The van der Waals surface area contributed by atoms with Crippen LogP contribution in [-0.4, -0.2) is 13.7 Å².